The normalized spacial score (nSPS) is 32.7. The maximum absolute atomic E-state index is 13.0. The van der Waals surface area contributed by atoms with Crippen LogP contribution in [0.2, 0.25) is 0 Å². The molecule has 0 unspecified atom stereocenters. The maximum atomic E-state index is 13.0. The van der Waals surface area contributed by atoms with Gasteiger partial charge in [0.05, 0.1) is 4.90 Å². The molecule has 0 spiro atoms. The lowest BCUT2D eigenvalue weighted by molar-refractivity contribution is -0.00557. The number of rotatable bonds is 4. The molecule has 0 atom stereocenters. The summed E-state index contributed by atoms with van der Waals surface area (Å²) < 4.78 is 29.0. The van der Waals surface area contributed by atoms with Crippen LogP contribution in [-0.4, -0.2) is 14.5 Å². The van der Waals surface area contributed by atoms with Crippen LogP contribution in [0.1, 0.15) is 32.1 Å². The monoisotopic (exact) mass is 367 g/mol. The maximum Gasteiger partial charge on any atom is 0.240 e. The van der Waals surface area contributed by atoms with E-state index < -0.39 is 10.0 Å². The van der Waals surface area contributed by atoms with E-state index in [4.69, 9.17) is 0 Å². The van der Waals surface area contributed by atoms with Crippen LogP contribution in [-0.2, 0) is 10.0 Å². The zero-order valence-electron chi connectivity index (χ0n) is 14.8. The highest BCUT2D eigenvalue weighted by molar-refractivity contribution is 7.89. The number of hydrogen-bond donors (Lipinski definition) is 1. The predicted molar refractivity (Wildman–Crippen MR) is 103 cm³/mol. The molecule has 4 fully saturated rings. The van der Waals surface area contributed by atoms with Gasteiger partial charge in [-0.25, -0.2) is 13.1 Å². The Bertz CT molecular complexity index is 861. The van der Waals surface area contributed by atoms with E-state index in [0.717, 1.165) is 23.0 Å². The molecule has 136 valence electrons. The second-order valence-electron chi connectivity index (χ2n) is 8.47. The van der Waals surface area contributed by atoms with Crippen LogP contribution in [0, 0.1) is 23.7 Å². The lowest BCUT2D eigenvalue weighted by Crippen LogP contribution is -2.55. The van der Waals surface area contributed by atoms with Crippen molar-refractivity contribution < 1.29 is 8.42 Å². The van der Waals surface area contributed by atoms with E-state index in [0.29, 0.717) is 16.7 Å². The zero-order valence-corrected chi connectivity index (χ0v) is 15.7. The van der Waals surface area contributed by atoms with Crippen LogP contribution >= 0.6 is 0 Å². The zero-order chi connectivity index (χ0) is 17.7. The number of sulfonamides is 1. The van der Waals surface area contributed by atoms with Crippen LogP contribution in [0.25, 0.3) is 11.1 Å². The third-order valence-electron chi connectivity index (χ3n) is 6.79. The van der Waals surface area contributed by atoms with Crippen molar-refractivity contribution in [2.75, 3.05) is 0 Å². The quantitative estimate of drug-likeness (QED) is 0.867. The van der Waals surface area contributed by atoms with Gasteiger partial charge in [0.2, 0.25) is 10.0 Å². The van der Waals surface area contributed by atoms with Crippen molar-refractivity contribution in [3.05, 3.63) is 54.6 Å². The number of benzene rings is 2. The summed E-state index contributed by atoms with van der Waals surface area (Å²) >= 11 is 0. The van der Waals surface area contributed by atoms with Crippen LogP contribution in [0.15, 0.2) is 59.5 Å². The molecular weight excluding hydrogens is 342 g/mol. The van der Waals surface area contributed by atoms with Crippen molar-refractivity contribution in [1.29, 1.82) is 0 Å². The van der Waals surface area contributed by atoms with Gasteiger partial charge in [0, 0.05) is 6.04 Å². The van der Waals surface area contributed by atoms with Crippen molar-refractivity contribution in [2.24, 2.45) is 23.7 Å². The third kappa shape index (κ3) is 2.89. The summed E-state index contributed by atoms with van der Waals surface area (Å²) in [6.45, 7) is 0. The highest BCUT2D eigenvalue weighted by atomic mass is 32.2. The van der Waals surface area contributed by atoms with Crippen LogP contribution < -0.4 is 4.72 Å². The first-order chi connectivity index (χ1) is 12.6. The van der Waals surface area contributed by atoms with Crippen LogP contribution in [0.5, 0.6) is 0 Å². The molecule has 2 aromatic carbocycles. The summed E-state index contributed by atoms with van der Waals surface area (Å²) in [5, 5.41) is 0. The molecule has 0 heterocycles. The van der Waals surface area contributed by atoms with E-state index in [2.05, 4.69) is 4.72 Å². The van der Waals surface area contributed by atoms with E-state index >= 15 is 0 Å². The Balaban J connectivity index is 1.36. The van der Waals surface area contributed by atoms with Crippen molar-refractivity contribution in [2.45, 2.75) is 43.0 Å². The molecule has 4 bridgehead atoms. The Labute approximate surface area is 155 Å². The third-order valence-corrected chi connectivity index (χ3v) is 8.26. The summed E-state index contributed by atoms with van der Waals surface area (Å²) in [5.41, 5.74) is 2.14. The molecule has 0 saturated heterocycles. The van der Waals surface area contributed by atoms with Gasteiger partial charge in [-0.1, -0.05) is 42.5 Å². The first kappa shape index (κ1) is 16.5. The molecule has 1 N–H and O–H groups in total. The van der Waals surface area contributed by atoms with Crippen molar-refractivity contribution in [1.82, 2.24) is 4.72 Å². The number of hydrogen-bond acceptors (Lipinski definition) is 2. The van der Waals surface area contributed by atoms with Gasteiger partial charge >= 0.3 is 0 Å². The van der Waals surface area contributed by atoms with Gasteiger partial charge in [-0.3, -0.25) is 0 Å². The largest absolute Gasteiger partial charge is 0.240 e. The molecule has 26 heavy (non-hydrogen) atoms. The SMILES string of the molecule is O=S(=O)(NC1C2CC3CC(C2)CC1C3)c1ccc(-c2ccccc2)cc1. The topological polar surface area (TPSA) is 46.2 Å². The van der Waals surface area contributed by atoms with Gasteiger partial charge in [0.1, 0.15) is 0 Å². The van der Waals surface area contributed by atoms with Gasteiger partial charge in [0.25, 0.3) is 0 Å². The molecule has 0 aromatic heterocycles. The lowest BCUT2D eigenvalue weighted by Gasteiger charge is -2.54. The van der Waals surface area contributed by atoms with Gasteiger partial charge in [-0.05, 0) is 79.0 Å². The van der Waals surface area contributed by atoms with Crippen molar-refractivity contribution in [3.8, 4) is 11.1 Å². The van der Waals surface area contributed by atoms with E-state index in [-0.39, 0.29) is 6.04 Å². The average molecular weight is 368 g/mol. The fourth-order valence-corrected chi connectivity index (χ4v) is 7.20. The van der Waals surface area contributed by atoms with Crippen molar-refractivity contribution in [3.63, 3.8) is 0 Å². The fourth-order valence-electron chi connectivity index (χ4n) is 5.82. The number of nitrogens with one attached hydrogen (secondary N) is 1. The molecule has 4 aliphatic carbocycles. The molecule has 0 aliphatic heterocycles. The van der Waals surface area contributed by atoms with E-state index in [1.165, 1.54) is 32.1 Å². The molecule has 3 nitrogen and oxygen atoms in total. The minimum absolute atomic E-state index is 0.140. The molecule has 2 aromatic rings. The summed E-state index contributed by atoms with van der Waals surface area (Å²) in [6, 6.07) is 17.5. The van der Waals surface area contributed by atoms with Gasteiger partial charge in [-0.2, -0.15) is 0 Å². The van der Waals surface area contributed by atoms with Crippen LogP contribution in [0.3, 0.4) is 0 Å². The Morgan fingerprint density at radius 2 is 1.23 bits per heavy atom. The smallest absolute Gasteiger partial charge is 0.208 e. The van der Waals surface area contributed by atoms with Gasteiger partial charge in [-0.15, -0.1) is 0 Å². The summed E-state index contributed by atoms with van der Waals surface area (Å²) in [5.74, 6) is 2.79. The second-order valence-corrected chi connectivity index (χ2v) is 10.2. The summed E-state index contributed by atoms with van der Waals surface area (Å²) in [6.07, 6.45) is 6.24. The van der Waals surface area contributed by atoms with Gasteiger partial charge < -0.3 is 0 Å². The van der Waals surface area contributed by atoms with E-state index in [1.807, 2.05) is 42.5 Å². The lowest BCUT2D eigenvalue weighted by atomic mass is 9.54. The summed E-state index contributed by atoms with van der Waals surface area (Å²) in [7, 11) is -3.45. The molecule has 0 radical (unpaired) electrons. The highest BCUT2D eigenvalue weighted by Gasteiger charge is 2.49. The molecule has 4 heteroatoms. The summed E-state index contributed by atoms with van der Waals surface area (Å²) in [4.78, 5) is 0.381. The second kappa shape index (κ2) is 6.21. The minimum atomic E-state index is -3.45. The highest BCUT2D eigenvalue weighted by Crippen LogP contribution is 2.53. The molecule has 0 amide bonds. The Morgan fingerprint density at radius 1 is 0.692 bits per heavy atom. The Kier molecular flexibility index (Phi) is 3.94. The Hall–Kier alpha value is -1.65. The first-order valence-electron chi connectivity index (χ1n) is 9.76. The molecular formula is C22H25NO2S. The molecule has 4 aliphatic rings. The Morgan fingerprint density at radius 3 is 1.81 bits per heavy atom. The molecule has 6 rings (SSSR count). The van der Waals surface area contributed by atoms with E-state index in [9.17, 15) is 8.42 Å². The average Bonchev–Trinajstić information content (AvgIpc) is 2.65. The predicted octanol–water partition coefficient (Wildman–Crippen LogP) is 4.46. The first-order valence-corrected chi connectivity index (χ1v) is 11.2. The van der Waals surface area contributed by atoms with Crippen molar-refractivity contribution >= 4 is 10.0 Å². The van der Waals surface area contributed by atoms with Crippen LogP contribution in [0.4, 0.5) is 0 Å². The van der Waals surface area contributed by atoms with E-state index in [1.54, 1.807) is 12.1 Å². The minimum Gasteiger partial charge on any atom is -0.208 e. The fraction of sp³-hybridized carbons (Fsp3) is 0.455. The van der Waals surface area contributed by atoms with Gasteiger partial charge in [0.15, 0.2) is 0 Å². The molecule has 4 saturated carbocycles. The standard InChI is InChI=1S/C22H25NO2S/c24-26(25,21-8-6-18(7-9-21)17-4-2-1-3-5-17)23-22-19-11-15-10-16(13-19)14-20(22)12-15/h1-9,15-16,19-20,22-23H,10-14H2.